The Balaban J connectivity index is 1.95. The highest BCUT2D eigenvalue weighted by molar-refractivity contribution is 6.04. The van der Waals surface area contributed by atoms with E-state index in [0.717, 1.165) is 0 Å². The first kappa shape index (κ1) is 14.9. The van der Waals surface area contributed by atoms with Crippen LogP contribution >= 0.6 is 0 Å². The quantitative estimate of drug-likeness (QED) is 0.741. The van der Waals surface area contributed by atoms with Gasteiger partial charge in [0.15, 0.2) is 0 Å². The van der Waals surface area contributed by atoms with Gasteiger partial charge in [-0.1, -0.05) is 11.2 Å². The molecule has 2 heterocycles. The molecule has 3 aromatic rings. The second kappa shape index (κ2) is 6.39. The number of nitrogens with zero attached hydrogens (tertiary/aromatic N) is 3. The van der Waals surface area contributed by atoms with Crippen LogP contribution in [0.4, 0.5) is 10.1 Å². The number of hydrogen-bond acceptors (Lipinski definition) is 4. The van der Waals surface area contributed by atoms with Crippen molar-refractivity contribution in [3.05, 3.63) is 77.7 Å². The molecular formula is C17H14FN3O2. The van der Waals surface area contributed by atoms with Crippen molar-refractivity contribution in [3.63, 3.8) is 0 Å². The van der Waals surface area contributed by atoms with Crippen molar-refractivity contribution >= 4 is 11.6 Å². The van der Waals surface area contributed by atoms with Gasteiger partial charge in [0.25, 0.3) is 5.91 Å². The molecule has 0 N–H and O–H groups in total. The maximum Gasteiger partial charge on any atom is 0.297 e. The van der Waals surface area contributed by atoms with Crippen LogP contribution < -0.4 is 4.90 Å². The molecule has 1 amide bonds. The number of amides is 1. The van der Waals surface area contributed by atoms with E-state index in [4.69, 9.17) is 4.52 Å². The number of aryl methyl sites for hydroxylation is 1. The van der Waals surface area contributed by atoms with Gasteiger partial charge in [0.05, 0.1) is 17.9 Å². The van der Waals surface area contributed by atoms with Crippen LogP contribution in [0.15, 0.2) is 59.3 Å². The highest BCUT2D eigenvalue weighted by Crippen LogP contribution is 2.20. The van der Waals surface area contributed by atoms with E-state index in [9.17, 15) is 9.18 Å². The molecule has 2 aromatic heterocycles. The van der Waals surface area contributed by atoms with E-state index in [1.165, 1.54) is 17.0 Å². The monoisotopic (exact) mass is 311 g/mol. The number of hydrogen-bond donors (Lipinski definition) is 0. The van der Waals surface area contributed by atoms with Crippen molar-refractivity contribution in [1.29, 1.82) is 0 Å². The van der Waals surface area contributed by atoms with Crippen LogP contribution in [0.2, 0.25) is 0 Å². The molecule has 116 valence electrons. The van der Waals surface area contributed by atoms with Crippen molar-refractivity contribution in [2.24, 2.45) is 0 Å². The van der Waals surface area contributed by atoms with Crippen molar-refractivity contribution in [3.8, 4) is 0 Å². The third-order valence-corrected chi connectivity index (χ3v) is 3.27. The number of carbonyl (C=O) groups is 1. The summed E-state index contributed by atoms with van der Waals surface area (Å²) in [4.78, 5) is 18.4. The van der Waals surface area contributed by atoms with E-state index >= 15 is 0 Å². The zero-order valence-electron chi connectivity index (χ0n) is 12.4. The Morgan fingerprint density at radius 3 is 2.61 bits per heavy atom. The number of rotatable bonds is 4. The molecule has 5 nitrogen and oxygen atoms in total. The highest BCUT2D eigenvalue weighted by Gasteiger charge is 2.22. The lowest BCUT2D eigenvalue weighted by Crippen LogP contribution is -2.30. The smallest absolute Gasteiger partial charge is 0.297 e. The van der Waals surface area contributed by atoms with E-state index in [2.05, 4.69) is 10.1 Å². The summed E-state index contributed by atoms with van der Waals surface area (Å²) in [5, 5.41) is 3.74. The molecule has 23 heavy (non-hydrogen) atoms. The number of halogens is 1. The Bertz CT molecular complexity index is 800. The fourth-order valence-electron chi connectivity index (χ4n) is 2.15. The fourth-order valence-corrected chi connectivity index (χ4v) is 2.15. The van der Waals surface area contributed by atoms with Crippen molar-refractivity contribution in [2.75, 3.05) is 4.90 Å². The summed E-state index contributed by atoms with van der Waals surface area (Å²) >= 11 is 0. The molecule has 0 aliphatic carbocycles. The molecule has 0 radical (unpaired) electrons. The minimum atomic E-state index is -0.366. The Morgan fingerprint density at radius 1 is 1.22 bits per heavy atom. The Kier molecular flexibility index (Phi) is 4.14. The molecule has 0 aliphatic rings. The highest BCUT2D eigenvalue weighted by atomic mass is 19.1. The average molecular weight is 311 g/mol. The maximum atomic E-state index is 13.2. The first-order valence-corrected chi connectivity index (χ1v) is 7.04. The number of anilines is 1. The summed E-state index contributed by atoms with van der Waals surface area (Å²) in [5.74, 6) is -0.597. The maximum absolute atomic E-state index is 13.2. The summed E-state index contributed by atoms with van der Waals surface area (Å²) in [7, 11) is 0. The lowest BCUT2D eigenvalue weighted by molar-refractivity contribution is 0.0949. The van der Waals surface area contributed by atoms with Gasteiger partial charge in [0.2, 0.25) is 5.76 Å². The van der Waals surface area contributed by atoms with Gasteiger partial charge in [-0.05, 0) is 43.3 Å². The molecule has 6 heteroatoms. The van der Waals surface area contributed by atoms with E-state index in [0.29, 0.717) is 17.1 Å². The van der Waals surface area contributed by atoms with Crippen molar-refractivity contribution in [1.82, 2.24) is 10.1 Å². The van der Waals surface area contributed by atoms with Crippen LogP contribution in [0.5, 0.6) is 0 Å². The predicted molar refractivity (Wildman–Crippen MR) is 82.4 cm³/mol. The molecule has 0 spiro atoms. The summed E-state index contributed by atoms with van der Waals surface area (Å²) in [6.07, 6.45) is 1.65. The molecule has 0 aliphatic heterocycles. The van der Waals surface area contributed by atoms with Gasteiger partial charge < -0.3 is 4.52 Å². The van der Waals surface area contributed by atoms with Gasteiger partial charge in [-0.25, -0.2) is 4.39 Å². The number of pyridine rings is 1. The first-order valence-electron chi connectivity index (χ1n) is 7.04. The summed E-state index contributed by atoms with van der Waals surface area (Å²) < 4.78 is 18.2. The van der Waals surface area contributed by atoms with Crippen molar-refractivity contribution in [2.45, 2.75) is 13.5 Å². The lowest BCUT2D eigenvalue weighted by Gasteiger charge is -2.21. The van der Waals surface area contributed by atoms with Crippen LogP contribution in [0.25, 0.3) is 0 Å². The molecule has 0 fully saturated rings. The molecule has 1 aromatic carbocycles. The van der Waals surface area contributed by atoms with Crippen molar-refractivity contribution < 1.29 is 13.7 Å². The first-order chi connectivity index (χ1) is 11.1. The molecule has 0 bridgehead atoms. The van der Waals surface area contributed by atoms with Crippen LogP contribution in [-0.2, 0) is 6.54 Å². The third kappa shape index (κ3) is 3.42. The van der Waals surface area contributed by atoms with E-state index in [-0.39, 0.29) is 24.0 Å². The van der Waals surface area contributed by atoms with E-state index in [1.807, 2.05) is 12.1 Å². The van der Waals surface area contributed by atoms with Crippen LogP contribution in [-0.4, -0.2) is 16.0 Å². The summed E-state index contributed by atoms with van der Waals surface area (Å²) in [6.45, 7) is 1.98. The second-order valence-electron chi connectivity index (χ2n) is 5.02. The molecule has 0 saturated heterocycles. The SMILES string of the molecule is Cc1cc(C(=O)N(Cc2ccccn2)c2ccc(F)cc2)on1. The third-order valence-electron chi connectivity index (χ3n) is 3.27. The summed E-state index contributed by atoms with van der Waals surface area (Å²) in [6, 6.07) is 12.7. The molecule has 3 rings (SSSR count). The van der Waals surface area contributed by atoms with Gasteiger partial charge in [-0.2, -0.15) is 0 Å². The minimum Gasteiger partial charge on any atom is -0.351 e. The van der Waals surface area contributed by atoms with Crippen LogP contribution in [0.1, 0.15) is 21.9 Å². The topological polar surface area (TPSA) is 59.2 Å². The second-order valence-corrected chi connectivity index (χ2v) is 5.02. The molecular weight excluding hydrogens is 297 g/mol. The largest absolute Gasteiger partial charge is 0.351 e. The summed E-state index contributed by atoms with van der Waals surface area (Å²) in [5.41, 5.74) is 1.88. The molecule has 0 unspecified atom stereocenters. The van der Waals surface area contributed by atoms with Gasteiger partial charge >= 0.3 is 0 Å². The predicted octanol–water partition coefficient (Wildman–Crippen LogP) is 3.36. The Hall–Kier alpha value is -3.02. The van der Waals surface area contributed by atoms with E-state index < -0.39 is 0 Å². The molecule has 0 atom stereocenters. The fraction of sp³-hybridized carbons (Fsp3) is 0.118. The Morgan fingerprint density at radius 2 is 2.00 bits per heavy atom. The number of benzene rings is 1. The van der Waals surface area contributed by atoms with Gasteiger partial charge in [-0.3, -0.25) is 14.7 Å². The average Bonchev–Trinajstić information content (AvgIpc) is 3.00. The molecule has 0 saturated carbocycles. The Labute approximate surface area is 132 Å². The van der Waals surface area contributed by atoms with Crippen LogP contribution in [0, 0.1) is 12.7 Å². The van der Waals surface area contributed by atoms with E-state index in [1.54, 1.807) is 37.4 Å². The minimum absolute atomic E-state index is 0.128. The zero-order chi connectivity index (χ0) is 16.2. The lowest BCUT2D eigenvalue weighted by atomic mass is 10.2. The number of carbonyl (C=O) groups excluding carboxylic acids is 1. The van der Waals surface area contributed by atoms with Crippen LogP contribution in [0.3, 0.4) is 0 Å². The normalized spacial score (nSPS) is 10.5. The number of aromatic nitrogens is 2. The van der Waals surface area contributed by atoms with Gasteiger partial charge in [0, 0.05) is 18.0 Å². The zero-order valence-corrected chi connectivity index (χ0v) is 12.4. The van der Waals surface area contributed by atoms with Gasteiger partial charge in [0.1, 0.15) is 5.82 Å². The van der Waals surface area contributed by atoms with Gasteiger partial charge in [-0.15, -0.1) is 0 Å². The standard InChI is InChI=1S/C17H14FN3O2/c1-12-10-16(23-20-12)17(22)21(11-14-4-2-3-9-19-14)15-7-5-13(18)6-8-15/h2-10H,11H2,1H3.